The molecule has 168 valence electrons. The van der Waals surface area contributed by atoms with E-state index in [-0.39, 0.29) is 17.5 Å². The molecule has 0 N–H and O–H groups in total. The van der Waals surface area contributed by atoms with Crippen molar-refractivity contribution in [1.29, 1.82) is 0 Å². The molecular weight excluding hydrogens is 452 g/mol. The third-order valence-corrected chi connectivity index (χ3v) is 7.12. The van der Waals surface area contributed by atoms with E-state index in [1.54, 1.807) is 10.6 Å². The predicted molar refractivity (Wildman–Crippen MR) is 124 cm³/mol. The molecule has 0 aliphatic carbocycles. The van der Waals surface area contributed by atoms with Crippen LogP contribution in [0.2, 0.25) is 5.15 Å². The number of rotatable bonds is 7. The number of para-hydroxylation sites is 2. The highest BCUT2D eigenvalue weighted by atomic mass is 35.5. The molecule has 0 saturated carbocycles. The number of halogens is 1. The minimum atomic E-state index is -3.07. The van der Waals surface area contributed by atoms with Gasteiger partial charge in [-0.3, -0.25) is 9.13 Å². The number of aryl methyl sites for hydroxylation is 1. The van der Waals surface area contributed by atoms with Gasteiger partial charge in [0.15, 0.2) is 0 Å². The van der Waals surface area contributed by atoms with Crippen LogP contribution in [0.3, 0.4) is 0 Å². The van der Waals surface area contributed by atoms with E-state index in [1.807, 2.05) is 45.5 Å². The molecular formula is C22H23ClN4O4S. The zero-order valence-corrected chi connectivity index (χ0v) is 19.1. The number of imidazole rings is 1. The monoisotopic (exact) mass is 474 g/mol. The van der Waals surface area contributed by atoms with Crippen LogP contribution in [0.4, 0.5) is 0 Å². The Morgan fingerprint density at radius 3 is 2.53 bits per heavy atom. The van der Waals surface area contributed by atoms with Gasteiger partial charge in [-0.15, -0.1) is 0 Å². The third kappa shape index (κ3) is 3.85. The van der Waals surface area contributed by atoms with Crippen molar-refractivity contribution in [2.75, 3.05) is 25.2 Å². The first-order chi connectivity index (χ1) is 15.3. The zero-order chi connectivity index (χ0) is 22.5. The van der Waals surface area contributed by atoms with Crippen molar-refractivity contribution in [1.82, 2.24) is 18.7 Å². The van der Waals surface area contributed by atoms with E-state index in [4.69, 9.17) is 16.3 Å². The summed E-state index contributed by atoms with van der Waals surface area (Å²) in [6.07, 6.45) is 1.70. The summed E-state index contributed by atoms with van der Waals surface area (Å²) in [5, 5.41) is 0.385. The minimum Gasteiger partial charge on any atom is -0.377 e. The van der Waals surface area contributed by atoms with Crippen LogP contribution < -0.4 is 5.69 Å². The third-order valence-electron chi connectivity index (χ3n) is 5.88. The molecule has 0 bridgehead atoms. The Labute approximate surface area is 189 Å². The molecule has 4 heterocycles. The molecule has 8 nitrogen and oxygen atoms in total. The second-order valence-electron chi connectivity index (χ2n) is 8.23. The van der Waals surface area contributed by atoms with E-state index in [2.05, 4.69) is 4.98 Å². The molecule has 10 heteroatoms. The fourth-order valence-electron chi connectivity index (χ4n) is 4.32. The Morgan fingerprint density at radius 2 is 1.84 bits per heavy atom. The summed E-state index contributed by atoms with van der Waals surface area (Å²) in [5.41, 5.74) is 4.10. The molecule has 5 rings (SSSR count). The first-order valence-electron chi connectivity index (χ1n) is 10.4. The number of hydrogen-bond donors (Lipinski definition) is 0. The maximum Gasteiger partial charge on any atom is 0.329 e. The van der Waals surface area contributed by atoms with E-state index in [1.165, 1.54) is 6.26 Å². The first-order valence-corrected chi connectivity index (χ1v) is 12.9. The van der Waals surface area contributed by atoms with E-state index < -0.39 is 9.84 Å². The van der Waals surface area contributed by atoms with Crippen molar-refractivity contribution < 1.29 is 13.2 Å². The fourth-order valence-corrected chi connectivity index (χ4v) is 5.13. The van der Waals surface area contributed by atoms with Crippen LogP contribution in [0.25, 0.3) is 22.1 Å². The SMILES string of the molecule is CS(=O)(=O)CCCn1c(Cn2c(=O)n(C3COC3)c3ccccc32)cc2nc(Cl)ccc21. The number of sulfone groups is 1. The number of nitrogens with zero attached hydrogens (tertiary/aromatic N) is 4. The van der Waals surface area contributed by atoms with Gasteiger partial charge >= 0.3 is 5.69 Å². The Balaban J connectivity index is 1.60. The summed E-state index contributed by atoms with van der Waals surface area (Å²) >= 11 is 6.10. The van der Waals surface area contributed by atoms with Crippen LogP contribution >= 0.6 is 11.6 Å². The Bertz CT molecular complexity index is 1480. The van der Waals surface area contributed by atoms with Crippen molar-refractivity contribution in [3.8, 4) is 0 Å². The summed E-state index contributed by atoms with van der Waals surface area (Å²) in [6.45, 7) is 1.90. The lowest BCUT2D eigenvalue weighted by molar-refractivity contribution is -0.0231. The zero-order valence-electron chi connectivity index (χ0n) is 17.6. The molecule has 0 unspecified atom stereocenters. The summed E-state index contributed by atoms with van der Waals surface area (Å²) in [5.74, 6) is 0.0913. The standard InChI is InChI=1S/C22H23ClN4O4S/c1-32(29,30)10-4-9-25-15(11-17-18(25)7-8-21(23)24-17)12-26-19-5-2-3-6-20(19)27(22(26)28)16-13-31-14-16/h2-3,5-8,11,16H,4,9-10,12-14H2,1H3. The number of aromatic nitrogens is 4. The summed E-state index contributed by atoms with van der Waals surface area (Å²) in [6, 6.07) is 13.3. The molecule has 1 aliphatic heterocycles. The van der Waals surface area contributed by atoms with Gasteiger partial charge in [0.05, 0.1) is 53.6 Å². The van der Waals surface area contributed by atoms with E-state index >= 15 is 0 Å². The highest BCUT2D eigenvalue weighted by Crippen LogP contribution is 2.25. The van der Waals surface area contributed by atoms with Gasteiger partial charge in [0.2, 0.25) is 0 Å². The molecule has 1 aromatic carbocycles. The second kappa shape index (κ2) is 8.06. The van der Waals surface area contributed by atoms with Crippen molar-refractivity contribution in [3.63, 3.8) is 0 Å². The molecule has 0 radical (unpaired) electrons. The average Bonchev–Trinajstić information content (AvgIpc) is 3.16. The summed E-state index contributed by atoms with van der Waals surface area (Å²) in [7, 11) is -3.07. The molecule has 4 aromatic rings. The lowest BCUT2D eigenvalue weighted by Crippen LogP contribution is -2.38. The molecule has 3 aromatic heterocycles. The van der Waals surface area contributed by atoms with Crippen LogP contribution in [0.1, 0.15) is 18.2 Å². The van der Waals surface area contributed by atoms with Gasteiger partial charge in [-0.2, -0.15) is 0 Å². The number of fused-ring (bicyclic) bond motifs is 2. The lowest BCUT2D eigenvalue weighted by Gasteiger charge is -2.27. The van der Waals surface area contributed by atoms with Crippen LogP contribution in [-0.4, -0.2) is 52.3 Å². The summed E-state index contributed by atoms with van der Waals surface area (Å²) < 4.78 is 34.2. The second-order valence-corrected chi connectivity index (χ2v) is 10.9. The fraction of sp³-hybridized carbons (Fsp3) is 0.364. The molecule has 32 heavy (non-hydrogen) atoms. The van der Waals surface area contributed by atoms with E-state index in [9.17, 15) is 13.2 Å². The molecule has 0 atom stereocenters. The number of ether oxygens (including phenoxy) is 1. The smallest absolute Gasteiger partial charge is 0.329 e. The Kier molecular flexibility index (Phi) is 5.35. The summed E-state index contributed by atoms with van der Waals surface area (Å²) in [4.78, 5) is 17.8. The first kappa shape index (κ1) is 21.2. The molecule has 0 spiro atoms. The quantitative estimate of drug-likeness (QED) is 0.384. The number of benzene rings is 1. The number of pyridine rings is 1. The molecule has 1 aliphatic rings. The highest BCUT2D eigenvalue weighted by molar-refractivity contribution is 7.90. The maximum absolute atomic E-state index is 13.4. The number of hydrogen-bond acceptors (Lipinski definition) is 5. The predicted octanol–water partition coefficient (Wildman–Crippen LogP) is 2.86. The van der Waals surface area contributed by atoms with Crippen molar-refractivity contribution in [2.45, 2.75) is 25.6 Å². The van der Waals surface area contributed by atoms with Crippen molar-refractivity contribution >= 4 is 43.5 Å². The largest absolute Gasteiger partial charge is 0.377 e. The Hall–Kier alpha value is -2.62. The van der Waals surface area contributed by atoms with Gasteiger partial charge in [-0.05, 0) is 36.8 Å². The molecule has 0 amide bonds. The topological polar surface area (TPSA) is 88.1 Å². The van der Waals surface area contributed by atoms with Crippen LogP contribution in [0.15, 0.2) is 47.3 Å². The van der Waals surface area contributed by atoms with E-state index in [0.29, 0.717) is 37.9 Å². The molecule has 1 fully saturated rings. The van der Waals surface area contributed by atoms with Crippen molar-refractivity contribution in [2.24, 2.45) is 0 Å². The van der Waals surface area contributed by atoms with Gasteiger partial charge in [0.1, 0.15) is 15.0 Å². The normalized spacial score (nSPS) is 14.9. The maximum atomic E-state index is 13.4. The van der Waals surface area contributed by atoms with E-state index in [0.717, 1.165) is 27.8 Å². The van der Waals surface area contributed by atoms with Crippen LogP contribution in [0.5, 0.6) is 0 Å². The molecule has 1 saturated heterocycles. The average molecular weight is 475 g/mol. The van der Waals surface area contributed by atoms with Gasteiger partial charge in [0, 0.05) is 18.5 Å². The van der Waals surface area contributed by atoms with Crippen LogP contribution in [-0.2, 0) is 27.7 Å². The van der Waals surface area contributed by atoms with Gasteiger partial charge in [-0.25, -0.2) is 18.2 Å². The van der Waals surface area contributed by atoms with Gasteiger partial charge in [-0.1, -0.05) is 23.7 Å². The van der Waals surface area contributed by atoms with Crippen LogP contribution in [0, 0.1) is 0 Å². The highest BCUT2D eigenvalue weighted by Gasteiger charge is 2.26. The van der Waals surface area contributed by atoms with Crippen molar-refractivity contribution in [3.05, 3.63) is 63.8 Å². The van der Waals surface area contributed by atoms with Gasteiger partial charge < -0.3 is 9.30 Å². The minimum absolute atomic E-state index is 0.0368. The lowest BCUT2D eigenvalue weighted by atomic mass is 10.2. The Morgan fingerprint density at radius 1 is 1.09 bits per heavy atom. The van der Waals surface area contributed by atoms with Gasteiger partial charge in [0.25, 0.3) is 0 Å².